The van der Waals surface area contributed by atoms with Gasteiger partial charge in [0.1, 0.15) is 17.6 Å². The van der Waals surface area contributed by atoms with Gasteiger partial charge < -0.3 is 10.1 Å². The minimum absolute atomic E-state index is 0.239. The number of ether oxygens (including phenoxy) is 1. The van der Waals surface area contributed by atoms with Gasteiger partial charge in [-0.15, -0.1) is 0 Å². The van der Waals surface area contributed by atoms with Crippen molar-refractivity contribution in [3.8, 4) is 5.75 Å². The maximum absolute atomic E-state index is 13.2. The summed E-state index contributed by atoms with van der Waals surface area (Å²) in [4.78, 5) is 12.6. The number of benzene rings is 2. The van der Waals surface area contributed by atoms with Crippen LogP contribution < -0.4 is 14.4 Å². The molecule has 164 valence electrons. The summed E-state index contributed by atoms with van der Waals surface area (Å²) >= 11 is 0. The van der Waals surface area contributed by atoms with Crippen LogP contribution >= 0.6 is 0 Å². The lowest BCUT2D eigenvalue weighted by Crippen LogP contribution is -2.48. The molecule has 6 nitrogen and oxygen atoms in total. The van der Waals surface area contributed by atoms with E-state index in [1.54, 1.807) is 0 Å². The molecule has 0 spiro atoms. The Hall–Kier alpha value is -2.61. The molecule has 1 amide bonds. The molecule has 1 atom stereocenters. The Morgan fingerprint density at radius 3 is 2.47 bits per heavy atom. The van der Waals surface area contributed by atoms with Gasteiger partial charge in [-0.05, 0) is 62.1 Å². The third-order valence-electron chi connectivity index (χ3n) is 4.53. The van der Waals surface area contributed by atoms with Gasteiger partial charge in [-0.3, -0.25) is 9.10 Å². The Kier molecular flexibility index (Phi) is 8.65. The summed E-state index contributed by atoms with van der Waals surface area (Å²) in [7, 11) is -3.73. The molecule has 0 bridgehead atoms. The van der Waals surface area contributed by atoms with Crippen LogP contribution in [0.2, 0.25) is 0 Å². The van der Waals surface area contributed by atoms with E-state index in [9.17, 15) is 17.6 Å². The largest absolute Gasteiger partial charge is 0.493 e. The average molecular weight is 437 g/mol. The third kappa shape index (κ3) is 6.73. The topological polar surface area (TPSA) is 75.7 Å². The lowest BCUT2D eigenvalue weighted by molar-refractivity contribution is -0.121. The monoisotopic (exact) mass is 436 g/mol. The quantitative estimate of drug-likeness (QED) is 0.547. The van der Waals surface area contributed by atoms with Crippen LogP contribution in [0, 0.1) is 5.82 Å². The van der Waals surface area contributed by atoms with Crippen molar-refractivity contribution < 1.29 is 22.3 Å². The first kappa shape index (κ1) is 23.7. The van der Waals surface area contributed by atoms with Crippen molar-refractivity contribution >= 4 is 21.6 Å². The van der Waals surface area contributed by atoms with Gasteiger partial charge >= 0.3 is 0 Å². The van der Waals surface area contributed by atoms with E-state index < -0.39 is 27.8 Å². The fraction of sp³-hybridized carbons (Fsp3) is 0.409. The molecule has 0 unspecified atom stereocenters. The Labute approximate surface area is 178 Å². The molecular weight excluding hydrogens is 407 g/mol. The summed E-state index contributed by atoms with van der Waals surface area (Å²) in [6.07, 6.45) is 3.35. The summed E-state index contributed by atoms with van der Waals surface area (Å²) in [5.41, 5.74) is 1.31. The van der Waals surface area contributed by atoms with Crippen molar-refractivity contribution in [1.29, 1.82) is 0 Å². The number of para-hydroxylation sites is 1. The van der Waals surface area contributed by atoms with Gasteiger partial charge in [-0.25, -0.2) is 12.8 Å². The smallest absolute Gasteiger partial charge is 0.243 e. The molecule has 0 saturated carbocycles. The molecule has 8 heteroatoms. The predicted octanol–water partition coefficient (Wildman–Crippen LogP) is 3.52. The van der Waals surface area contributed by atoms with Crippen LogP contribution in [-0.4, -0.2) is 39.8 Å². The van der Waals surface area contributed by atoms with E-state index in [4.69, 9.17) is 4.74 Å². The molecule has 2 rings (SSSR count). The van der Waals surface area contributed by atoms with E-state index in [2.05, 4.69) is 5.32 Å². The molecule has 0 aliphatic heterocycles. The molecule has 0 aromatic heterocycles. The molecule has 0 radical (unpaired) electrons. The molecule has 1 N–H and O–H groups in total. The fourth-order valence-corrected chi connectivity index (χ4v) is 4.27. The number of hydrogen-bond donors (Lipinski definition) is 1. The van der Waals surface area contributed by atoms with Crippen molar-refractivity contribution in [3.05, 3.63) is 59.9 Å². The molecule has 30 heavy (non-hydrogen) atoms. The van der Waals surface area contributed by atoms with Gasteiger partial charge in [0.05, 0.1) is 18.6 Å². The van der Waals surface area contributed by atoms with Crippen LogP contribution in [0.15, 0.2) is 48.5 Å². The number of anilines is 1. The number of amides is 1. The Morgan fingerprint density at radius 1 is 1.17 bits per heavy atom. The zero-order chi connectivity index (χ0) is 22.1. The SMILES string of the molecule is CCCOc1ccccc1CCCNC(=O)[C@H](C)N(c1ccc(F)cc1)S(C)(=O)=O. The molecule has 0 heterocycles. The molecular formula is C22H29FN2O4S. The highest BCUT2D eigenvalue weighted by Gasteiger charge is 2.28. The zero-order valence-electron chi connectivity index (χ0n) is 17.6. The molecule has 0 fully saturated rings. The third-order valence-corrected chi connectivity index (χ3v) is 5.77. The standard InChI is InChI=1S/C22H29FN2O4S/c1-4-16-29-21-10-6-5-8-18(21)9-7-15-24-22(26)17(2)25(30(3,27)28)20-13-11-19(23)12-14-20/h5-6,8,10-14,17H,4,7,9,15-16H2,1-3H3,(H,24,26)/t17-/m0/s1. The summed E-state index contributed by atoms with van der Waals surface area (Å²) in [6.45, 7) is 4.60. The predicted molar refractivity (Wildman–Crippen MR) is 117 cm³/mol. The van der Waals surface area contributed by atoms with Gasteiger partial charge in [-0.1, -0.05) is 25.1 Å². The fourth-order valence-electron chi connectivity index (χ4n) is 3.10. The number of halogens is 1. The molecule has 0 aliphatic carbocycles. The van der Waals surface area contributed by atoms with Crippen molar-refractivity contribution in [1.82, 2.24) is 5.32 Å². The highest BCUT2D eigenvalue weighted by Crippen LogP contribution is 2.22. The summed E-state index contributed by atoms with van der Waals surface area (Å²) in [5, 5.41) is 2.79. The van der Waals surface area contributed by atoms with Crippen molar-refractivity contribution in [2.24, 2.45) is 0 Å². The highest BCUT2D eigenvalue weighted by molar-refractivity contribution is 7.92. The average Bonchev–Trinajstić information content (AvgIpc) is 2.70. The highest BCUT2D eigenvalue weighted by atomic mass is 32.2. The van der Waals surface area contributed by atoms with E-state index >= 15 is 0 Å². The van der Waals surface area contributed by atoms with Crippen LogP contribution in [0.25, 0.3) is 0 Å². The number of carbonyl (C=O) groups is 1. The van der Waals surface area contributed by atoms with Crippen molar-refractivity contribution in [3.63, 3.8) is 0 Å². The minimum Gasteiger partial charge on any atom is -0.493 e. The van der Waals surface area contributed by atoms with Crippen molar-refractivity contribution in [2.45, 2.75) is 39.2 Å². The van der Waals surface area contributed by atoms with Gasteiger partial charge in [0.25, 0.3) is 0 Å². The molecule has 0 aliphatic rings. The van der Waals surface area contributed by atoms with E-state index in [-0.39, 0.29) is 5.69 Å². The lowest BCUT2D eigenvalue weighted by Gasteiger charge is -2.28. The number of sulfonamides is 1. The van der Waals surface area contributed by atoms with Crippen molar-refractivity contribution in [2.75, 3.05) is 23.7 Å². The number of hydrogen-bond acceptors (Lipinski definition) is 4. The normalized spacial score (nSPS) is 12.3. The van der Waals surface area contributed by atoms with Gasteiger partial charge in [0, 0.05) is 6.54 Å². The Bertz CT molecular complexity index is 932. The van der Waals surface area contributed by atoms with Gasteiger partial charge in [0.2, 0.25) is 15.9 Å². The summed E-state index contributed by atoms with van der Waals surface area (Å²) in [6, 6.07) is 11.8. The lowest BCUT2D eigenvalue weighted by atomic mass is 10.1. The van der Waals surface area contributed by atoms with Gasteiger partial charge in [0.15, 0.2) is 0 Å². The number of rotatable bonds is 11. The second kappa shape index (κ2) is 11.0. The zero-order valence-corrected chi connectivity index (χ0v) is 18.4. The second-order valence-electron chi connectivity index (χ2n) is 7.06. The molecule has 2 aromatic rings. The van der Waals surface area contributed by atoms with E-state index in [0.29, 0.717) is 19.6 Å². The number of nitrogens with zero attached hydrogens (tertiary/aromatic N) is 1. The number of aryl methyl sites for hydroxylation is 1. The number of carbonyl (C=O) groups excluding carboxylic acids is 1. The maximum atomic E-state index is 13.2. The van der Waals surface area contributed by atoms with E-state index in [0.717, 1.165) is 46.8 Å². The summed E-state index contributed by atoms with van der Waals surface area (Å²) in [5.74, 6) is -0.0497. The van der Waals surface area contributed by atoms with Gasteiger partial charge in [-0.2, -0.15) is 0 Å². The Balaban J connectivity index is 1.96. The minimum atomic E-state index is -3.73. The number of nitrogens with one attached hydrogen (secondary N) is 1. The Morgan fingerprint density at radius 2 is 1.83 bits per heavy atom. The van der Waals surface area contributed by atoms with Crippen LogP contribution in [0.4, 0.5) is 10.1 Å². The van der Waals surface area contributed by atoms with E-state index in [1.165, 1.54) is 19.1 Å². The van der Waals surface area contributed by atoms with Crippen LogP contribution in [0.3, 0.4) is 0 Å². The first-order valence-electron chi connectivity index (χ1n) is 9.97. The summed E-state index contributed by atoms with van der Waals surface area (Å²) < 4.78 is 44.4. The van der Waals surface area contributed by atoms with Crippen LogP contribution in [0.1, 0.15) is 32.3 Å². The van der Waals surface area contributed by atoms with Crippen LogP contribution in [0.5, 0.6) is 5.75 Å². The van der Waals surface area contributed by atoms with E-state index in [1.807, 2.05) is 31.2 Å². The second-order valence-corrected chi connectivity index (χ2v) is 8.92. The molecule has 0 saturated heterocycles. The first-order valence-corrected chi connectivity index (χ1v) is 11.8. The van der Waals surface area contributed by atoms with Crippen LogP contribution in [-0.2, 0) is 21.2 Å². The maximum Gasteiger partial charge on any atom is 0.243 e. The molecule has 2 aromatic carbocycles. The first-order chi connectivity index (χ1) is 14.2.